The fourth-order valence-electron chi connectivity index (χ4n) is 4.52. The van der Waals surface area contributed by atoms with Crippen LogP contribution in [0.4, 0.5) is 0 Å². The number of carbonyl (C=O) groups is 2. The second-order valence-corrected chi connectivity index (χ2v) is 9.36. The summed E-state index contributed by atoms with van der Waals surface area (Å²) < 4.78 is 11.2. The summed E-state index contributed by atoms with van der Waals surface area (Å²) in [7, 11) is 1.55. The number of methoxy groups -OCH3 is 1. The summed E-state index contributed by atoms with van der Waals surface area (Å²) in [5.41, 5.74) is 1.35. The molecule has 0 heterocycles. The Morgan fingerprint density at radius 2 is 1.80 bits per heavy atom. The van der Waals surface area contributed by atoms with Gasteiger partial charge in [0.2, 0.25) is 11.8 Å². The summed E-state index contributed by atoms with van der Waals surface area (Å²) in [5, 5.41) is 3.73. The van der Waals surface area contributed by atoms with E-state index >= 15 is 0 Å². The molecule has 1 atom stereocenters. The van der Waals surface area contributed by atoms with Gasteiger partial charge in [-0.1, -0.05) is 61.5 Å². The number of ether oxygens (including phenoxy) is 2. The molecule has 0 unspecified atom stereocenters. The Hall–Kier alpha value is -2.44. The van der Waals surface area contributed by atoms with Gasteiger partial charge in [-0.05, 0) is 49.1 Å². The molecule has 8 heteroatoms. The van der Waals surface area contributed by atoms with E-state index in [-0.39, 0.29) is 30.3 Å². The molecule has 1 saturated carbocycles. The summed E-state index contributed by atoms with van der Waals surface area (Å²) in [6.45, 7) is 2.51. The number of alkyl halides is 1. The molecule has 2 aromatic carbocycles. The third-order valence-corrected chi connectivity index (χ3v) is 6.90. The molecule has 0 saturated heterocycles. The van der Waals surface area contributed by atoms with Gasteiger partial charge in [0.05, 0.1) is 13.7 Å². The number of benzene rings is 2. The third-order valence-electron chi connectivity index (χ3n) is 6.30. The topological polar surface area (TPSA) is 67.9 Å². The van der Waals surface area contributed by atoms with Crippen LogP contribution in [0.1, 0.15) is 62.6 Å². The van der Waals surface area contributed by atoms with Crippen molar-refractivity contribution in [2.24, 2.45) is 0 Å². The molecule has 0 radical (unpaired) electrons. The third kappa shape index (κ3) is 7.28. The lowest BCUT2D eigenvalue weighted by atomic mass is 10.0. The summed E-state index contributed by atoms with van der Waals surface area (Å²) in [6, 6.07) is 11.8. The number of rotatable bonds is 10. The zero-order valence-corrected chi connectivity index (χ0v) is 21.9. The lowest BCUT2D eigenvalue weighted by Crippen LogP contribution is -2.46. The van der Waals surface area contributed by atoms with Gasteiger partial charge < -0.3 is 19.7 Å². The Kier molecular flexibility index (Phi) is 10.5. The quantitative estimate of drug-likeness (QED) is 0.313. The van der Waals surface area contributed by atoms with Crippen molar-refractivity contribution in [3.05, 3.63) is 58.6 Å². The fraction of sp³-hybridized carbons (Fsp3) is 0.481. The minimum Gasteiger partial charge on any atom is -0.493 e. The van der Waals surface area contributed by atoms with E-state index in [4.69, 9.17) is 32.7 Å². The summed E-state index contributed by atoms with van der Waals surface area (Å²) in [4.78, 5) is 28.4. The molecule has 190 valence electrons. The predicted molar refractivity (Wildman–Crippen MR) is 139 cm³/mol. The van der Waals surface area contributed by atoms with Gasteiger partial charge in [-0.25, -0.2) is 0 Å². The average molecular weight is 521 g/mol. The first kappa shape index (κ1) is 27.2. The molecule has 1 N–H and O–H groups in total. The van der Waals surface area contributed by atoms with Crippen LogP contribution in [0.25, 0.3) is 0 Å². The smallest absolute Gasteiger partial charge is 0.247 e. The molecule has 0 aliphatic heterocycles. The van der Waals surface area contributed by atoms with Gasteiger partial charge in [0.15, 0.2) is 11.5 Å². The summed E-state index contributed by atoms with van der Waals surface area (Å²) >= 11 is 12.4. The van der Waals surface area contributed by atoms with Gasteiger partial charge in [-0.15, -0.1) is 11.6 Å². The highest BCUT2D eigenvalue weighted by Gasteiger charge is 2.33. The SMILES string of the molecule is CCOc1ccc([C@H](C(=O)NC2CCCCCC2)N(Cc2ccccc2Cl)C(=O)CCl)cc1OC. The second kappa shape index (κ2) is 13.6. The molecule has 35 heavy (non-hydrogen) atoms. The van der Waals surface area contributed by atoms with E-state index in [2.05, 4.69) is 5.32 Å². The van der Waals surface area contributed by atoms with Gasteiger partial charge in [-0.2, -0.15) is 0 Å². The van der Waals surface area contributed by atoms with Crippen LogP contribution in [0.15, 0.2) is 42.5 Å². The minimum absolute atomic E-state index is 0.0744. The van der Waals surface area contributed by atoms with E-state index in [1.807, 2.05) is 25.1 Å². The Labute approximate surface area is 217 Å². The zero-order valence-electron chi connectivity index (χ0n) is 20.4. The number of hydrogen-bond acceptors (Lipinski definition) is 4. The Morgan fingerprint density at radius 3 is 2.43 bits per heavy atom. The second-order valence-electron chi connectivity index (χ2n) is 8.69. The monoisotopic (exact) mass is 520 g/mol. The van der Waals surface area contributed by atoms with E-state index in [0.29, 0.717) is 28.7 Å². The van der Waals surface area contributed by atoms with Crippen molar-refractivity contribution in [3.63, 3.8) is 0 Å². The van der Waals surface area contributed by atoms with Crippen LogP contribution in [0.3, 0.4) is 0 Å². The lowest BCUT2D eigenvalue weighted by molar-refractivity contribution is -0.140. The highest BCUT2D eigenvalue weighted by atomic mass is 35.5. The Bertz CT molecular complexity index is 993. The summed E-state index contributed by atoms with van der Waals surface area (Å²) in [5.74, 6) is 0.205. The molecule has 0 spiro atoms. The van der Waals surface area contributed by atoms with Crippen molar-refractivity contribution in [3.8, 4) is 11.5 Å². The van der Waals surface area contributed by atoms with Crippen molar-refractivity contribution in [2.75, 3.05) is 19.6 Å². The molecular formula is C27H34Cl2N2O4. The number of halogens is 2. The number of amides is 2. The maximum absolute atomic E-state index is 13.8. The van der Waals surface area contributed by atoms with Crippen LogP contribution in [-0.2, 0) is 16.1 Å². The van der Waals surface area contributed by atoms with Crippen molar-refractivity contribution >= 4 is 35.0 Å². The summed E-state index contributed by atoms with van der Waals surface area (Å²) in [6.07, 6.45) is 6.37. The standard InChI is InChI=1S/C27H34Cl2N2O4/c1-3-35-23-15-14-19(16-24(23)34-2)26(27(33)30-21-11-6-4-5-7-12-21)31(25(32)17-28)18-20-10-8-9-13-22(20)29/h8-10,13-16,21,26H,3-7,11-12,17-18H2,1-2H3,(H,30,33)/t26-/m1/s1. The molecule has 1 aliphatic rings. The van der Waals surface area contributed by atoms with Crippen LogP contribution < -0.4 is 14.8 Å². The molecule has 0 bridgehead atoms. The van der Waals surface area contributed by atoms with Gasteiger partial charge in [0.25, 0.3) is 0 Å². The van der Waals surface area contributed by atoms with Crippen molar-refractivity contribution < 1.29 is 19.1 Å². The lowest BCUT2D eigenvalue weighted by Gasteiger charge is -2.33. The molecule has 3 rings (SSSR count). The predicted octanol–water partition coefficient (Wildman–Crippen LogP) is 5.90. The van der Waals surface area contributed by atoms with Gasteiger partial charge >= 0.3 is 0 Å². The van der Waals surface area contributed by atoms with Crippen molar-refractivity contribution in [2.45, 2.75) is 64.1 Å². The normalized spacial score (nSPS) is 15.1. The van der Waals surface area contributed by atoms with E-state index in [9.17, 15) is 9.59 Å². The molecule has 2 aromatic rings. The molecule has 6 nitrogen and oxygen atoms in total. The van der Waals surface area contributed by atoms with Gasteiger partial charge in [0.1, 0.15) is 11.9 Å². The number of nitrogens with one attached hydrogen (secondary N) is 1. The first-order valence-electron chi connectivity index (χ1n) is 12.2. The van der Waals surface area contributed by atoms with Crippen LogP contribution in [0.2, 0.25) is 5.02 Å². The maximum Gasteiger partial charge on any atom is 0.247 e. The number of nitrogens with zero attached hydrogens (tertiary/aromatic N) is 1. The number of carbonyl (C=O) groups excluding carboxylic acids is 2. The van der Waals surface area contributed by atoms with E-state index < -0.39 is 6.04 Å². The van der Waals surface area contributed by atoms with E-state index in [0.717, 1.165) is 31.2 Å². The van der Waals surface area contributed by atoms with Gasteiger partial charge in [-0.3, -0.25) is 9.59 Å². The highest BCUT2D eigenvalue weighted by Crippen LogP contribution is 2.34. The first-order valence-corrected chi connectivity index (χ1v) is 13.1. The molecule has 0 aromatic heterocycles. The van der Waals surface area contributed by atoms with Crippen molar-refractivity contribution in [1.29, 1.82) is 0 Å². The highest BCUT2D eigenvalue weighted by molar-refractivity contribution is 6.31. The fourth-order valence-corrected chi connectivity index (χ4v) is 4.87. The average Bonchev–Trinajstić information content (AvgIpc) is 3.13. The molecule has 2 amide bonds. The maximum atomic E-state index is 13.8. The number of hydrogen-bond donors (Lipinski definition) is 1. The molecule has 1 fully saturated rings. The van der Waals surface area contributed by atoms with Gasteiger partial charge in [0, 0.05) is 17.6 Å². The Morgan fingerprint density at radius 1 is 1.09 bits per heavy atom. The molecule has 1 aliphatic carbocycles. The minimum atomic E-state index is -0.912. The van der Waals surface area contributed by atoms with Crippen LogP contribution in [-0.4, -0.2) is 42.4 Å². The van der Waals surface area contributed by atoms with Crippen molar-refractivity contribution in [1.82, 2.24) is 10.2 Å². The zero-order chi connectivity index (χ0) is 25.2. The Balaban J connectivity index is 2.02. The van der Waals surface area contributed by atoms with E-state index in [1.54, 1.807) is 31.4 Å². The van der Waals surface area contributed by atoms with Crippen LogP contribution in [0, 0.1) is 0 Å². The van der Waals surface area contributed by atoms with Crippen LogP contribution in [0.5, 0.6) is 11.5 Å². The molecular weight excluding hydrogens is 487 g/mol. The van der Waals surface area contributed by atoms with E-state index in [1.165, 1.54) is 17.7 Å². The first-order chi connectivity index (χ1) is 17.0. The van der Waals surface area contributed by atoms with Crippen LogP contribution >= 0.6 is 23.2 Å². The largest absolute Gasteiger partial charge is 0.493 e.